The lowest BCUT2D eigenvalue weighted by Crippen LogP contribution is -2.53. The maximum atomic E-state index is 12.7. The number of benzene rings is 2. The summed E-state index contributed by atoms with van der Waals surface area (Å²) in [4.78, 5) is 21.0. The van der Waals surface area contributed by atoms with E-state index in [0.29, 0.717) is 26.2 Å². The minimum atomic E-state index is -0.523. The van der Waals surface area contributed by atoms with E-state index < -0.39 is 6.10 Å². The first kappa shape index (κ1) is 20.7. The van der Waals surface area contributed by atoms with Gasteiger partial charge in [-0.2, -0.15) is 0 Å². The third-order valence-corrected chi connectivity index (χ3v) is 6.16. The lowest BCUT2D eigenvalue weighted by molar-refractivity contribution is -0.132. The highest BCUT2D eigenvalue weighted by Gasteiger charge is 2.27. The van der Waals surface area contributed by atoms with Crippen molar-refractivity contribution in [2.75, 3.05) is 63.2 Å². The fourth-order valence-electron chi connectivity index (χ4n) is 4.40. The van der Waals surface area contributed by atoms with E-state index in [-0.39, 0.29) is 5.91 Å². The van der Waals surface area contributed by atoms with Crippen molar-refractivity contribution in [3.8, 4) is 0 Å². The first-order chi connectivity index (χ1) is 14.5. The number of aliphatic hydroxyl groups is 1. The van der Waals surface area contributed by atoms with Crippen molar-refractivity contribution in [3.05, 3.63) is 59.7 Å². The molecule has 1 amide bonds. The maximum absolute atomic E-state index is 12.7. The maximum Gasteiger partial charge on any atom is 0.242 e. The number of nitrogens with zero attached hydrogens (tertiary/aromatic N) is 4. The largest absolute Gasteiger partial charge is 0.390 e. The number of hydrogen-bond donors (Lipinski definition) is 1. The van der Waals surface area contributed by atoms with Crippen LogP contribution in [0.1, 0.15) is 11.1 Å². The summed E-state index contributed by atoms with van der Waals surface area (Å²) >= 11 is 0. The standard InChI is InChI=1S/C24H32N4O2/c1-25(2)21-7-9-22(10-8-21)27-13-14-28(24(30)18-27)17-23(29)16-26-12-11-19-5-3-4-6-20(19)15-26/h3-10,23,29H,11-18H2,1-2H3/t23-/m1/s1. The van der Waals surface area contributed by atoms with Crippen molar-refractivity contribution < 1.29 is 9.90 Å². The summed E-state index contributed by atoms with van der Waals surface area (Å²) in [6.45, 7) is 4.64. The van der Waals surface area contributed by atoms with Crippen LogP contribution in [0.5, 0.6) is 0 Å². The highest BCUT2D eigenvalue weighted by Crippen LogP contribution is 2.22. The Morgan fingerprint density at radius 2 is 1.67 bits per heavy atom. The molecule has 1 atom stereocenters. The van der Waals surface area contributed by atoms with Crippen molar-refractivity contribution in [1.82, 2.24) is 9.80 Å². The number of β-amino-alcohol motifs (C(OH)–C–C–N with tert-alkyl or cyclic N) is 1. The van der Waals surface area contributed by atoms with Gasteiger partial charge in [0.1, 0.15) is 0 Å². The van der Waals surface area contributed by atoms with Crippen LogP contribution < -0.4 is 9.80 Å². The molecule has 2 heterocycles. The monoisotopic (exact) mass is 408 g/mol. The molecule has 4 rings (SSSR count). The van der Waals surface area contributed by atoms with Crippen LogP contribution in [0.25, 0.3) is 0 Å². The van der Waals surface area contributed by atoms with Crippen molar-refractivity contribution >= 4 is 17.3 Å². The summed E-state index contributed by atoms with van der Waals surface area (Å²) in [5.41, 5.74) is 4.97. The predicted molar refractivity (Wildman–Crippen MR) is 121 cm³/mol. The third-order valence-electron chi connectivity index (χ3n) is 6.16. The Morgan fingerprint density at radius 1 is 0.933 bits per heavy atom. The molecule has 6 nitrogen and oxygen atoms in total. The van der Waals surface area contributed by atoms with Crippen molar-refractivity contribution in [2.24, 2.45) is 0 Å². The van der Waals surface area contributed by atoms with E-state index in [0.717, 1.165) is 37.4 Å². The Balaban J connectivity index is 1.27. The number of carbonyl (C=O) groups excluding carboxylic acids is 1. The minimum absolute atomic E-state index is 0.0842. The zero-order valence-corrected chi connectivity index (χ0v) is 18.0. The van der Waals surface area contributed by atoms with Gasteiger partial charge < -0.3 is 19.8 Å². The van der Waals surface area contributed by atoms with Gasteiger partial charge in [0.2, 0.25) is 5.91 Å². The first-order valence-corrected chi connectivity index (χ1v) is 10.8. The van der Waals surface area contributed by atoms with Crippen LogP contribution in [-0.4, -0.2) is 80.3 Å². The van der Waals surface area contributed by atoms with E-state index in [4.69, 9.17) is 0 Å². The molecule has 1 saturated heterocycles. The average molecular weight is 409 g/mol. The van der Waals surface area contributed by atoms with Crippen molar-refractivity contribution in [3.63, 3.8) is 0 Å². The molecule has 0 bridgehead atoms. The lowest BCUT2D eigenvalue weighted by atomic mass is 10.00. The zero-order chi connectivity index (χ0) is 21.1. The Bertz CT molecular complexity index is 868. The molecular formula is C24H32N4O2. The Morgan fingerprint density at radius 3 is 2.37 bits per heavy atom. The van der Waals surface area contributed by atoms with Gasteiger partial charge in [-0.1, -0.05) is 24.3 Å². The van der Waals surface area contributed by atoms with Crippen LogP contribution in [0.4, 0.5) is 11.4 Å². The highest BCUT2D eigenvalue weighted by atomic mass is 16.3. The molecule has 160 valence electrons. The van der Waals surface area contributed by atoms with E-state index in [1.165, 1.54) is 11.1 Å². The molecule has 2 aromatic carbocycles. The van der Waals surface area contributed by atoms with Crippen LogP contribution in [0.3, 0.4) is 0 Å². The SMILES string of the molecule is CN(C)c1ccc(N2CCN(C[C@H](O)CN3CCc4ccccc4C3)C(=O)C2)cc1. The molecule has 0 aliphatic carbocycles. The van der Waals surface area contributed by atoms with E-state index in [1.807, 2.05) is 19.0 Å². The fourth-order valence-corrected chi connectivity index (χ4v) is 4.40. The molecule has 6 heteroatoms. The number of hydrogen-bond acceptors (Lipinski definition) is 5. The summed E-state index contributed by atoms with van der Waals surface area (Å²) in [5.74, 6) is 0.0842. The third kappa shape index (κ3) is 4.77. The van der Waals surface area contributed by atoms with E-state index in [9.17, 15) is 9.90 Å². The number of piperazine rings is 1. The second-order valence-electron chi connectivity index (χ2n) is 8.58. The topological polar surface area (TPSA) is 50.3 Å². The molecule has 1 fully saturated rings. The minimum Gasteiger partial charge on any atom is -0.390 e. The summed E-state index contributed by atoms with van der Waals surface area (Å²) < 4.78 is 0. The number of rotatable bonds is 6. The van der Waals surface area contributed by atoms with Gasteiger partial charge in [-0.05, 0) is 41.8 Å². The van der Waals surface area contributed by atoms with E-state index in [2.05, 4.69) is 63.2 Å². The second-order valence-corrected chi connectivity index (χ2v) is 8.58. The van der Waals surface area contributed by atoms with Gasteiger partial charge in [-0.25, -0.2) is 0 Å². The number of anilines is 2. The van der Waals surface area contributed by atoms with Crippen LogP contribution in [-0.2, 0) is 17.8 Å². The molecule has 0 saturated carbocycles. The first-order valence-electron chi connectivity index (χ1n) is 10.8. The molecule has 0 spiro atoms. The predicted octanol–water partition coefficient (Wildman–Crippen LogP) is 1.82. The zero-order valence-electron chi connectivity index (χ0n) is 18.0. The van der Waals surface area contributed by atoms with Crippen molar-refractivity contribution in [2.45, 2.75) is 19.1 Å². The molecule has 2 aromatic rings. The Kier molecular flexibility index (Phi) is 6.25. The second kappa shape index (κ2) is 9.06. The summed E-state index contributed by atoms with van der Waals surface area (Å²) in [7, 11) is 4.04. The van der Waals surface area contributed by atoms with Gasteiger partial charge in [0, 0.05) is 64.7 Å². The number of aliphatic hydroxyl groups excluding tert-OH is 1. The van der Waals surface area contributed by atoms with Crippen LogP contribution in [0, 0.1) is 0 Å². The van der Waals surface area contributed by atoms with Gasteiger partial charge in [-0.15, -0.1) is 0 Å². The average Bonchev–Trinajstić information content (AvgIpc) is 2.75. The van der Waals surface area contributed by atoms with Crippen molar-refractivity contribution in [1.29, 1.82) is 0 Å². The highest BCUT2D eigenvalue weighted by molar-refractivity contribution is 5.83. The molecule has 1 N–H and O–H groups in total. The van der Waals surface area contributed by atoms with Crippen LogP contribution in [0.2, 0.25) is 0 Å². The van der Waals surface area contributed by atoms with E-state index >= 15 is 0 Å². The van der Waals surface area contributed by atoms with Gasteiger partial charge in [-0.3, -0.25) is 9.69 Å². The molecule has 2 aliphatic rings. The molecule has 0 radical (unpaired) electrons. The molecule has 30 heavy (non-hydrogen) atoms. The molecule has 0 unspecified atom stereocenters. The Hall–Kier alpha value is -2.57. The number of carbonyl (C=O) groups is 1. The summed E-state index contributed by atoms with van der Waals surface area (Å²) in [5, 5.41) is 10.6. The summed E-state index contributed by atoms with van der Waals surface area (Å²) in [6.07, 6.45) is 0.498. The van der Waals surface area contributed by atoms with Gasteiger partial charge in [0.25, 0.3) is 0 Å². The van der Waals surface area contributed by atoms with E-state index in [1.54, 1.807) is 0 Å². The number of amides is 1. The Labute approximate surface area is 179 Å². The normalized spacial score (nSPS) is 18.3. The van der Waals surface area contributed by atoms with Gasteiger partial charge in [0.05, 0.1) is 12.6 Å². The molecule has 0 aromatic heterocycles. The number of fused-ring (bicyclic) bond motifs is 1. The molecule has 2 aliphatic heterocycles. The van der Waals surface area contributed by atoms with Crippen LogP contribution >= 0.6 is 0 Å². The smallest absolute Gasteiger partial charge is 0.242 e. The molecular weight excluding hydrogens is 376 g/mol. The van der Waals surface area contributed by atoms with Crippen LogP contribution in [0.15, 0.2) is 48.5 Å². The van der Waals surface area contributed by atoms with Gasteiger partial charge in [0.15, 0.2) is 0 Å². The van der Waals surface area contributed by atoms with Gasteiger partial charge >= 0.3 is 0 Å². The summed E-state index contributed by atoms with van der Waals surface area (Å²) in [6, 6.07) is 16.8. The lowest BCUT2D eigenvalue weighted by Gasteiger charge is -2.37. The quantitative estimate of drug-likeness (QED) is 0.790. The fraction of sp³-hybridized carbons (Fsp3) is 0.458.